The second-order valence-electron chi connectivity index (χ2n) is 10.1. The maximum absolute atomic E-state index is 13.9. The first-order valence-corrected chi connectivity index (χ1v) is 15.4. The second-order valence-corrected chi connectivity index (χ2v) is 12.4. The normalized spacial score (nSPS) is 14.3. The van der Waals surface area contributed by atoms with E-state index in [0.717, 1.165) is 30.2 Å². The Morgan fingerprint density at radius 3 is 2.15 bits per heavy atom. The van der Waals surface area contributed by atoms with Crippen LogP contribution in [0.2, 0.25) is 0 Å². The lowest BCUT2D eigenvalue weighted by molar-refractivity contribution is -0.119. The monoisotopic (exact) mass is 567 g/mol. The van der Waals surface area contributed by atoms with Crippen LogP contribution in [0.4, 0.5) is 8.78 Å². The summed E-state index contributed by atoms with van der Waals surface area (Å²) in [6.07, 6.45) is 2.01. The summed E-state index contributed by atoms with van der Waals surface area (Å²) >= 11 is 0. The molecule has 0 heterocycles. The van der Waals surface area contributed by atoms with E-state index >= 15 is 0 Å². The molecule has 3 atom stereocenters. The molecule has 2 rings (SSSR count). The van der Waals surface area contributed by atoms with Gasteiger partial charge in [0, 0.05) is 25.2 Å². The Morgan fingerprint density at radius 1 is 0.974 bits per heavy atom. The van der Waals surface area contributed by atoms with Crippen molar-refractivity contribution >= 4 is 15.7 Å². The van der Waals surface area contributed by atoms with E-state index in [-0.39, 0.29) is 18.5 Å². The Kier molecular flexibility index (Phi) is 13.5. The van der Waals surface area contributed by atoms with Crippen LogP contribution < -0.4 is 16.4 Å². The highest BCUT2D eigenvalue weighted by Crippen LogP contribution is 2.18. The number of amides is 1. The molecule has 2 aromatic rings. The van der Waals surface area contributed by atoms with Crippen molar-refractivity contribution in [1.82, 2.24) is 10.6 Å². The van der Waals surface area contributed by atoms with Crippen LogP contribution in [0.15, 0.2) is 42.5 Å². The van der Waals surface area contributed by atoms with E-state index < -0.39 is 56.6 Å². The molecule has 0 aliphatic heterocycles. The maximum Gasteiger partial charge on any atom is 0.235 e. The molecule has 7 nitrogen and oxygen atoms in total. The Labute approximate surface area is 231 Å². The lowest BCUT2D eigenvalue weighted by Gasteiger charge is -2.29. The summed E-state index contributed by atoms with van der Waals surface area (Å²) in [6, 6.07) is 8.83. The molecule has 0 fully saturated rings. The summed E-state index contributed by atoms with van der Waals surface area (Å²) in [7, 11) is -3.69. The number of aryl methyl sites for hydroxylation is 1. The number of nitrogens with one attached hydrogen (secondary N) is 2. The average molecular weight is 568 g/mol. The number of carbonyl (C=O) groups is 1. The van der Waals surface area contributed by atoms with Gasteiger partial charge in [-0.3, -0.25) is 10.1 Å². The van der Waals surface area contributed by atoms with Gasteiger partial charge in [0.05, 0.1) is 17.1 Å². The van der Waals surface area contributed by atoms with Gasteiger partial charge in [0.2, 0.25) is 5.91 Å². The van der Waals surface area contributed by atoms with Crippen molar-refractivity contribution < 1.29 is 27.1 Å². The number of aliphatic hydroxyl groups excluding tert-OH is 1. The van der Waals surface area contributed by atoms with Crippen LogP contribution in [-0.4, -0.2) is 55.2 Å². The summed E-state index contributed by atoms with van der Waals surface area (Å²) in [6.45, 7) is 6.41. The highest BCUT2D eigenvalue weighted by Gasteiger charge is 2.33. The van der Waals surface area contributed by atoms with Crippen LogP contribution in [0.5, 0.6) is 0 Å². The fourth-order valence-electron chi connectivity index (χ4n) is 4.74. The fourth-order valence-corrected chi connectivity index (χ4v) is 6.93. The molecule has 0 aromatic heterocycles. The number of aliphatic hydroxyl groups is 1. The highest BCUT2D eigenvalue weighted by atomic mass is 32.2. The number of halogens is 2. The van der Waals surface area contributed by atoms with Crippen molar-refractivity contribution in [2.24, 2.45) is 5.73 Å². The minimum atomic E-state index is -3.69. The SMILES string of the molecule is CCCC(CCC)S(=O)(=O)C[C@@H](N[C@@H](Cc1cc(F)cc(F)c1)[C@H](O)CNCc1cccc(CC)c1)C(N)=O. The molecule has 0 unspecified atom stereocenters. The van der Waals surface area contributed by atoms with Crippen LogP contribution in [-0.2, 0) is 34.0 Å². The lowest BCUT2D eigenvalue weighted by Crippen LogP contribution is -2.56. The first-order valence-electron chi connectivity index (χ1n) is 13.7. The number of nitrogens with two attached hydrogens (primary N) is 1. The van der Waals surface area contributed by atoms with Gasteiger partial charge in [-0.1, -0.05) is 57.9 Å². The third kappa shape index (κ3) is 10.9. The molecule has 218 valence electrons. The molecular weight excluding hydrogens is 524 g/mol. The van der Waals surface area contributed by atoms with Gasteiger partial charge in [0.15, 0.2) is 9.84 Å². The standard InChI is InChI=1S/C29H43F2N3O4S/c1-4-8-25(9-5-2)39(37,38)19-27(29(32)36)34-26(15-22-13-23(30)16-24(31)14-22)28(35)18-33-17-21-11-7-10-20(6-3)12-21/h7,10-14,16,25-28,33-35H,4-6,8-9,15,17-19H2,1-3H3,(H2,32,36)/t26-,27+,28+/m0/s1. The molecular formula is C29H43F2N3O4S. The molecule has 0 aliphatic carbocycles. The molecule has 5 N–H and O–H groups in total. The zero-order chi connectivity index (χ0) is 29.0. The highest BCUT2D eigenvalue weighted by molar-refractivity contribution is 7.92. The van der Waals surface area contributed by atoms with Crippen molar-refractivity contribution in [3.8, 4) is 0 Å². The van der Waals surface area contributed by atoms with E-state index in [1.807, 2.05) is 32.0 Å². The van der Waals surface area contributed by atoms with Crippen molar-refractivity contribution in [2.45, 2.75) is 89.3 Å². The van der Waals surface area contributed by atoms with Crippen LogP contribution in [0, 0.1) is 11.6 Å². The minimum Gasteiger partial charge on any atom is -0.390 e. The number of hydrogen-bond acceptors (Lipinski definition) is 6. The largest absolute Gasteiger partial charge is 0.390 e. The molecule has 0 aliphatic rings. The van der Waals surface area contributed by atoms with E-state index in [9.17, 15) is 27.1 Å². The summed E-state index contributed by atoms with van der Waals surface area (Å²) < 4.78 is 54.1. The third-order valence-electron chi connectivity index (χ3n) is 6.81. The van der Waals surface area contributed by atoms with Crippen molar-refractivity contribution in [2.75, 3.05) is 12.3 Å². The zero-order valence-electron chi connectivity index (χ0n) is 23.1. The van der Waals surface area contributed by atoms with E-state index in [2.05, 4.69) is 23.6 Å². The number of benzene rings is 2. The Bertz CT molecular complexity index is 1140. The molecule has 0 radical (unpaired) electrons. The molecule has 0 saturated carbocycles. The Balaban J connectivity index is 2.23. The predicted octanol–water partition coefficient (Wildman–Crippen LogP) is 3.42. The van der Waals surface area contributed by atoms with Crippen LogP contribution in [0.25, 0.3) is 0 Å². The predicted molar refractivity (Wildman–Crippen MR) is 151 cm³/mol. The Hall–Kier alpha value is -2.40. The fraction of sp³-hybridized carbons (Fsp3) is 0.552. The van der Waals surface area contributed by atoms with Gasteiger partial charge in [-0.15, -0.1) is 0 Å². The first kappa shape index (κ1) is 32.8. The quantitative estimate of drug-likeness (QED) is 0.219. The summed E-state index contributed by atoms with van der Waals surface area (Å²) in [5.74, 6) is -2.95. The zero-order valence-corrected chi connectivity index (χ0v) is 23.9. The molecule has 0 spiro atoms. The number of hydrogen-bond donors (Lipinski definition) is 4. The van der Waals surface area contributed by atoms with E-state index in [4.69, 9.17) is 5.73 Å². The smallest absolute Gasteiger partial charge is 0.235 e. The average Bonchev–Trinajstić information content (AvgIpc) is 2.87. The van der Waals surface area contributed by atoms with E-state index in [0.29, 0.717) is 32.2 Å². The van der Waals surface area contributed by atoms with Crippen LogP contribution in [0.1, 0.15) is 63.1 Å². The Morgan fingerprint density at radius 2 is 1.59 bits per heavy atom. The summed E-state index contributed by atoms with van der Waals surface area (Å²) in [5.41, 5.74) is 8.06. The molecule has 0 saturated heterocycles. The van der Waals surface area contributed by atoms with Gasteiger partial charge in [-0.25, -0.2) is 17.2 Å². The lowest BCUT2D eigenvalue weighted by atomic mass is 9.99. The number of rotatable bonds is 18. The molecule has 10 heteroatoms. The van der Waals surface area contributed by atoms with Gasteiger partial charge >= 0.3 is 0 Å². The van der Waals surface area contributed by atoms with Crippen molar-refractivity contribution in [3.05, 3.63) is 70.8 Å². The topological polar surface area (TPSA) is 122 Å². The number of sulfone groups is 1. The van der Waals surface area contributed by atoms with Crippen LogP contribution >= 0.6 is 0 Å². The van der Waals surface area contributed by atoms with Crippen molar-refractivity contribution in [1.29, 1.82) is 0 Å². The first-order chi connectivity index (χ1) is 18.5. The van der Waals surface area contributed by atoms with Crippen molar-refractivity contribution in [3.63, 3.8) is 0 Å². The molecule has 39 heavy (non-hydrogen) atoms. The number of primary amides is 1. The van der Waals surface area contributed by atoms with Gasteiger partial charge in [-0.2, -0.15) is 0 Å². The molecule has 2 aromatic carbocycles. The van der Waals surface area contributed by atoms with E-state index in [1.165, 1.54) is 5.56 Å². The van der Waals surface area contributed by atoms with Crippen LogP contribution in [0.3, 0.4) is 0 Å². The van der Waals surface area contributed by atoms with E-state index in [1.54, 1.807) is 0 Å². The number of carbonyl (C=O) groups excluding carboxylic acids is 1. The second kappa shape index (κ2) is 16.0. The van der Waals surface area contributed by atoms with Gasteiger partial charge < -0.3 is 16.2 Å². The molecule has 0 bridgehead atoms. The molecule has 1 amide bonds. The summed E-state index contributed by atoms with van der Waals surface area (Å²) in [4.78, 5) is 12.4. The van der Waals surface area contributed by atoms with Gasteiger partial charge in [-0.05, 0) is 54.5 Å². The summed E-state index contributed by atoms with van der Waals surface area (Å²) in [5, 5.41) is 16.6. The minimum absolute atomic E-state index is 0.0555. The maximum atomic E-state index is 13.9. The third-order valence-corrected chi connectivity index (χ3v) is 9.10. The van der Waals surface area contributed by atoms with Gasteiger partial charge in [0.1, 0.15) is 17.7 Å². The van der Waals surface area contributed by atoms with Gasteiger partial charge in [0.25, 0.3) is 0 Å².